The molecule has 0 saturated carbocycles. The minimum atomic E-state index is -0.245. The standard InChI is InChI=1S/C23H22N4O4S/c1-14-11-21(25-22(28)15-5-8-17(29-2)9-6-15)27(26-14)23-24-18(13-32-23)16-7-10-19(30-3)20(12-16)31-4/h5-13H,1-4H3,(H,25,28). The third-order valence-electron chi connectivity index (χ3n) is 4.78. The molecule has 164 valence electrons. The minimum absolute atomic E-state index is 0.245. The average molecular weight is 451 g/mol. The lowest BCUT2D eigenvalue weighted by molar-refractivity contribution is 0.102. The number of anilines is 1. The Bertz CT molecular complexity index is 1250. The molecule has 2 heterocycles. The van der Waals surface area contributed by atoms with E-state index < -0.39 is 0 Å². The summed E-state index contributed by atoms with van der Waals surface area (Å²) in [5, 5.41) is 9.99. The Morgan fingerprint density at radius 1 is 0.969 bits per heavy atom. The molecular formula is C23H22N4O4S. The molecule has 0 fully saturated rings. The minimum Gasteiger partial charge on any atom is -0.497 e. The number of amides is 1. The molecule has 8 nitrogen and oxygen atoms in total. The number of carbonyl (C=O) groups is 1. The first-order valence-electron chi connectivity index (χ1n) is 9.72. The highest BCUT2D eigenvalue weighted by Crippen LogP contribution is 2.33. The van der Waals surface area contributed by atoms with E-state index in [-0.39, 0.29) is 5.91 Å². The van der Waals surface area contributed by atoms with Crippen LogP contribution in [0.25, 0.3) is 16.4 Å². The SMILES string of the molecule is COc1ccc(C(=O)Nc2cc(C)nn2-c2nc(-c3ccc(OC)c(OC)c3)cs2)cc1. The number of methoxy groups -OCH3 is 3. The second-order valence-electron chi connectivity index (χ2n) is 6.85. The van der Waals surface area contributed by atoms with Crippen LogP contribution in [-0.4, -0.2) is 42.0 Å². The Hall–Kier alpha value is -3.85. The van der Waals surface area contributed by atoms with Gasteiger partial charge in [0, 0.05) is 22.6 Å². The number of carbonyl (C=O) groups excluding carboxylic acids is 1. The topological polar surface area (TPSA) is 87.5 Å². The van der Waals surface area contributed by atoms with Gasteiger partial charge in [0.2, 0.25) is 5.13 Å². The monoisotopic (exact) mass is 450 g/mol. The number of nitrogens with zero attached hydrogens (tertiary/aromatic N) is 3. The summed E-state index contributed by atoms with van der Waals surface area (Å²) < 4.78 is 17.5. The number of ether oxygens (including phenoxy) is 3. The number of aryl methyl sites for hydroxylation is 1. The highest BCUT2D eigenvalue weighted by atomic mass is 32.1. The molecule has 0 aliphatic rings. The summed E-state index contributed by atoms with van der Waals surface area (Å²) >= 11 is 1.43. The zero-order chi connectivity index (χ0) is 22.7. The number of benzene rings is 2. The van der Waals surface area contributed by atoms with Gasteiger partial charge in [-0.25, -0.2) is 4.98 Å². The summed E-state index contributed by atoms with van der Waals surface area (Å²) in [5.74, 6) is 2.26. The van der Waals surface area contributed by atoms with E-state index in [1.807, 2.05) is 30.5 Å². The van der Waals surface area contributed by atoms with Gasteiger partial charge in [0.15, 0.2) is 11.5 Å². The third-order valence-corrected chi connectivity index (χ3v) is 5.59. The van der Waals surface area contributed by atoms with E-state index in [1.54, 1.807) is 56.3 Å². The summed E-state index contributed by atoms with van der Waals surface area (Å²) in [6.45, 7) is 1.86. The Morgan fingerprint density at radius 2 is 1.72 bits per heavy atom. The molecule has 0 bridgehead atoms. The molecule has 9 heteroatoms. The summed E-state index contributed by atoms with van der Waals surface area (Å²) in [6.07, 6.45) is 0. The summed E-state index contributed by atoms with van der Waals surface area (Å²) in [7, 11) is 4.78. The summed E-state index contributed by atoms with van der Waals surface area (Å²) in [6, 6.07) is 14.3. The second kappa shape index (κ2) is 9.11. The van der Waals surface area contributed by atoms with E-state index in [9.17, 15) is 4.79 Å². The van der Waals surface area contributed by atoms with Crippen LogP contribution in [0.4, 0.5) is 5.82 Å². The van der Waals surface area contributed by atoms with Crippen LogP contribution < -0.4 is 19.5 Å². The summed E-state index contributed by atoms with van der Waals surface area (Å²) in [4.78, 5) is 17.4. The third kappa shape index (κ3) is 4.28. The molecular weight excluding hydrogens is 428 g/mol. The van der Waals surface area contributed by atoms with Gasteiger partial charge in [-0.05, 0) is 49.4 Å². The van der Waals surface area contributed by atoms with Crippen LogP contribution >= 0.6 is 11.3 Å². The highest BCUT2D eigenvalue weighted by Gasteiger charge is 2.16. The lowest BCUT2D eigenvalue weighted by atomic mass is 10.1. The molecule has 0 spiro atoms. The van der Waals surface area contributed by atoms with Crippen LogP contribution in [-0.2, 0) is 0 Å². The first kappa shape index (κ1) is 21.4. The van der Waals surface area contributed by atoms with Crippen molar-refractivity contribution in [2.75, 3.05) is 26.6 Å². The van der Waals surface area contributed by atoms with Crippen molar-refractivity contribution in [1.29, 1.82) is 0 Å². The molecule has 32 heavy (non-hydrogen) atoms. The van der Waals surface area contributed by atoms with Gasteiger partial charge >= 0.3 is 0 Å². The fraction of sp³-hybridized carbons (Fsp3) is 0.174. The molecule has 1 amide bonds. The van der Waals surface area contributed by atoms with Gasteiger partial charge in [0.1, 0.15) is 11.6 Å². The van der Waals surface area contributed by atoms with Crippen LogP contribution in [0.3, 0.4) is 0 Å². The van der Waals surface area contributed by atoms with Crippen molar-refractivity contribution >= 4 is 23.1 Å². The van der Waals surface area contributed by atoms with E-state index in [4.69, 9.17) is 19.2 Å². The molecule has 0 radical (unpaired) electrons. The fourth-order valence-corrected chi connectivity index (χ4v) is 3.95. The number of hydrogen-bond donors (Lipinski definition) is 1. The van der Waals surface area contributed by atoms with Crippen molar-refractivity contribution in [1.82, 2.24) is 14.8 Å². The Labute approximate surface area is 189 Å². The predicted octanol–water partition coefficient (Wildman–Crippen LogP) is 4.58. The maximum atomic E-state index is 12.7. The maximum Gasteiger partial charge on any atom is 0.256 e. The summed E-state index contributed by atoms with van der Waals surface area (Å²) in [5.41, 5.74) is 2.93. The Kier molecular flexibility index (Phi) is 6.09. The molecule has 1 N–H and O–H groups in total. The van der Waals surface area contributed by atoms with Gasteiger partial charge in [-0.1, -0.05) is 0 Å². The second-order valence-corrected chi connectivity index (χ2v) is 7.69. The first-order chi connectivity index (χ1) is 15.5. The lowest BCUT2D eigenvalue weighted by Crippen LogP contribution is -2.15. The Balaban J connectivity index is 1.60. The largest absolute Gasteiger partial charge is 0.497 e. The van der Waals surface area contributed by atoms with Crippen molar-refractivity contribution in [3.8, 4) is 33.6 Å². The number of thiazole rings is 1. The van der Waals surface area contributed by atoms with Gasteiger partial charge in [0.05, 0.1) is 32.7 Å². The van der Waals surface area contributed by atoms with Gasteiger partial charge in [-0.3, -0.25) is 4.79 Å². The van der Waals surface area contributed by atoms with Gasteiger partial charge < -0.3 is 19.5 Å². The van der Waals surface area contributed by atoms with Crippen molar-refractivity contribution < 1.29 is 19.0 Å². The smallest absolute Gasteiger partial charge is 0.256 e. The molecule has 0 atom stereocenters. The number of rotatable bonds is 7. The zero-order valence-electron chi connectivity index (χ0n) is 18.1. The molecule has 0 unspecified atom stereocenters. The predicted molar refractivity (Wildman–Crippen MR) is 123 cm³/mol. The average Bonchev–Trinajstić information content (AvgIpc) is 3.45. The lowest BCUT2D eigenvalue weighted by Gasteiger charge is -2.08. The molecule has 2 aromatic carbocycles. The molecule has 0 saturated heterocycles. The highest BCUT2D eigenvalue weighted by molar-refractivity contribution is 7.12. The van der Waals surface area contributed by atoms with Crippen molar-refractivity contribution in [2.24, 2.45) is 0 Å². The zero-order valence-corrected chi connectivity index (χ0v) is 18.9. The van der Waals surface area contributed by atoms with Crippen LogP contribution in [0.15, 0.2) is 53.9 Å². The fourth-order valence-electron chi connectivity index (χ4n) is 3.15. The van der Waals surface area contributed by atoms with E-state index in [0.717, 1.165) is 17.0 Å². The normalized spacial score (nSPS) is 10.6. The van der Waals surface area contributed by atoms with Crippen LogP contribution in [0.1, 0.15) is 16.1 Å². The van der Waals surface area contributed by atoms with Gasteiger partial charge in [-0.15, -0.1) is 11.3 Å². The van der Waals surface area contributed by atoms with E-state index >= 15 is 0 Å². The van der Waals surface area contributed by atoms with E-state index in [1.165, 1.54) is 11.3 Å². The van der Waals surface area contributed by atoms with E-state index in [0.29, 0.717) is 33.8 Å². The van der Waals surface area contributed by atoms with E-state index in [2.05, 4.69) is 10.4 Å². The maximum absolute atomic E-state index is 12.7. The molecule has 0 aliphatic heterocycles. The van der Waals surface area contributed by atoms with Gasteiger partial charge in [0.25, 0.3) is 5.91 Å². The number of aromatic nitrogens is 3. The van der Waals surface area contributed by atoms with Crippen LogP contribution in [0.5, 0.6) is 17.2 Å². The molecule has 4 rings (SSSR count). The van der Waals surface area contributed by atoms with Crippen molar-refractivity contribution in [3.05, 3.63) is 65.2 Å². The number of hydrogen-bond acceptors (Lipinski definition) is 7. The van der Waals surface area contributed by atoms with Crippen LogP contribution in [0.2, 0.25) is 0 Å². The van der Waals surface area contributed by atoms with Crippen LogP contribution in [0, 0.1) is 6.92 Å². The Morgan fingerprint density at radius 3 is 2.41 bits per heavy atom. The quantitative estimate of drug-likeness (QED) is 0.443. The van der Waals surface area contributed by atoms with Crippen molar-refractivity contribution in [2.45, 2.75) is 6.92 Å². The first-order valence-corrected chi connectivity index (χ1v) is 10.6. The molecule has 2 aromatic heterocycles. The molecule has 0 aliphatic carbocycles. The number of nitrogens with one attached hydrogen (secondary N) is 1. The molecule has 4 aromatic rings. The van der Waals surface area contributed by atoms with Crippen molar-refractivity contribution in [3.63, 3.8) is 0 Å². The van der Waals surface area contributed by atoms with Gasteiger partial charge in [-0.2, -0.15) is 9.78 Å².